The number of carbonyl (C=O) groups excluding carboxylic acids is 2. The zero-order chi connectivity index (χ0) is 18.8. The average Bonchev–Trinajstić information content (AvgIpc) is 2.93. The summed E-state index contributed by atoms with van der Waals surface area (Å²) in [5, 5.41) is 4.84. The molecule has 2 N–H and O–H groups in total. The summed E-state index contributed by atoms with van der Waals surface area (Å²) < 4.78 is 26.5. The van der Waals surface area contributed by atoms with Gasteiger partial charge in [0.15, 0.2) is 0 Å². The van der Waals surface area contributed by atoms with Crippen molar-refractivity contribution >= 4 is 23.3 Å². The van der Waals surface area contributed by atoms with E-state index >= 15 is 0 Å². The third kappa shape index (κ3) is 3.66. The van der Waals surface area contributed by atoms with Gasteiger partial charge in [-0.2, -0.15) is 0 Å². The van der Waals surface area contributed by atoms with Gasteiger partial charge in [-0.05, 0) is 55.7 Å². The molecule has 26 heavy (non-hydrogen) atoms. The van der Waals surface area contributed by atoms with Crippen molar-refractivity contribution < 1.29 is 18.4 Å². The fourth-order valence-corrected chi connectivity index (χ4v) is 2.87. The van der Waals surface area contributed by atoms with Crippen LogP contribution in [-0.2, 0) is 4.79 Å². The Morgan fingerprint density at radius 1 is 1.12 bits per heavy atom. The number of benzene rings is 2. The van der Waals surface area contributed by atoms with Crippen LogP contribution in [0.15, 0.2) is 36.4 Å². The molecule has 1 atom stereocenters. The zero-order valence-corrected chi connectivity index (χ0v) is 14.5. The molecular weight excluding hydrogens is 340 g/mol. The smallest absolute Gasteiger partial charge is 0.319 e. The summed E-state index contributed by atoms with van der Waals surface area (Å²) in [7, 11) is 0. The van der Waals surface area contributed by atoms with Crippen LogP contribution in [0, 0.1) is 25.5 Å². The number of aryl methyl sites for hydroxylation is 2. The molecule has 3 amide bonds. The van der Waals surface area contributed by atoms with Gasteiger partial charge in [-0.25, -0.2) is 13.6 Å². The number of hydrogen-bond acceptors (Lipinski definition) is 2. The second-order valence-corrected chi connectivity index (χ2v) is 6.32. The molecule has 2 aromatic carbocycles. The Morgan fingerprint density at radius 2 is 1.88 bits per heavy atom. The fraction of sp³-hybridized carbons (Fsp3) is 0.263. The van der Waals surface area contributed by atoms with E-state index in [1.807, 2.05) is 32.0 Å². The molecule has 7 heteroatoms. The summed E-state index contributed by atoms with van der Waals surface area (Å²) in [5.74, 6) is -1.83. The average molecular weight is 359 g/mol. The van der Waals surface area contributed by atoms with Gasteiger partial charge in [0, 0.05) is 18.3 Å². The van der Waals surface area contributed by atoms with Crippen LogP contribution in [0.1, 0.15) is 17.5 Å². The highest BCUT2D eigenvalue weighted by Crippen LogP contribution is 2.24. The lowest BCUT2D eigenvalue weighted by Gasteiger charge is -2.18. The Morgan fingerprint density at radius 3 is 2.58 bits per heavy atom. The van der Waals surface area contributed by atoms with Crippen LogP contribution in [0.5, 0.6) is 0 Å². The van der Waals surface area contributed by atoms with Crippen LogP contribution in [0.25, 0.3) is 0 Å². The monoisotopic (exact) mass is 359 g/mol. The third-order valence-corrected chi connectivity index (χ3v) is 4.49. The minimum atomic E-state index is -0.880. The first-order valence-electron chi connectivity index (χ1n) is 8.26. The number of halogens is 2. The Kier molecular flexibility index (Phi) is 4.88. The maximum atomic E-state index is 13.6. The largest absolute Gasteiger partial charge is 0.326 e. The molecular formula is C19H19F2N3O2. The first-order chi connectivity index (χ1) is 12.3. The van der Waals surface area contributed by atoms with Crippen LogP contribution in [-0.4, -0.2) is 24.5 Å². The molecule has 2 aromatic rings. The number of rotatable bonds is 3. The summed E-state index contributed by atoms with van der Waals surface area (Å²) in [5.41, 5.74) is 2.85. The van der Waals surface area contributed by atoms with Gasteiger partial charge in [0.1, 0.15) is 17.7 Å². The van der Waals surface area contributed by atoms with Crippen LogP contribution in [0.2, 0.25) is 0 Å². The molecule has 0 radical (unpaired) electrons. The molecule has 1 aliphatic rings. The van der Waals surface area contributed by atoms with Crippen LogP contribution < -0.4 is 15.5 Å². The third-order valence-electron chi connectivity index (χ3n) is 4.49. The molecule has 3 rings (SSSR count). The predicted molar refractivity (Wildman–Crippen MR) is 95.2 cm³/mol. The lowest BCUT2D eigenvalue weighted by atomic mass is 10.1. The molecule has 0 bridgehead atoms. The van der Waals surface area contributed by atoms with Crippen molar-refractivity contribution in [1.82, 2.24) is 5.32 Å². The van der Waals surface area contributed by atoms with E-state index in [0.717, 1.165) is 28.9 Å². The van der Waals surface area contributed by atoms with Crippen molar-refractivity contribution in [2.45, 2.75) is 26.3 Å². The van der Waals surface area contributed by atoms with Gasteiger partial charge in [0.25, 0.3) is 0 Å². The number of nitrogens with one attached hydrogen (secondary N) is 2. The molecule has 0 aliphatic carbocycles. The van der Waals surface area contributed by atoms with E-state index in [9.17, 15) is 18.4 Å². The fourth-order valence-electron chi connectivity index (χ4n) is 2.87. The molecule has 5 nitrogen and oxygen atoms in total. The van der Waals surface area contributed by atoms with E-state index in [4.69, 9.17) is 0 Å². The quantitative estimate of drug-likeness (QED) is 0.881. The molecule has 0 unspecified atom stereocenters. The summed E-state index contributed by atoms with van der Waals surface area (Å²) in [6.07, 6.45) is 0.449. The summed E-state index contributed by atoms with van der Waals surface area (Å²) in [6, 6.07) is 7.19. The van der Waals surface area contributed by atoms with Gasteiger partial charge in [0.05, 0.1) is 5.69 Å². The molecule has 1 heterocycles. The number of carbonyl (C=O) groups is 2. The topological polar surface area (TPSA) is 61.4 Å². The standard InChI is InChI=1S/C19H19F2N3O2/c1-11-3-5-14(9-12(11)2)24-8-7-17(18(24)25)23-19(26)22-16-6-4-13(20)10-15(16)21/h3-6,9-10,17H,7-8H2,1-2H3,(H2,22,23,26)/t17-/m0/s1. The van der Waals surface area contributed by atoms with Crippen molar-refractivity contribution in [2.75, 3.05) is 16.8 Å². The highest BCUT2D eigenvalue weighted by Gasteiger charge is 2.33. The van der Waals surface area contributed by atoms with Crippen molar-refractivity contribution in [3.63, 3.8) is 0 Å². The van der Waals surface area contributed by atoms with Gasteiger partial charge in [-0.1, -0.05) is 6.07 Å². The van der Waals surface area contributed by atoms with Crippen molar-refractivity contribution in [3.05, 3.63) is 59.2 Å². The number of hydrogen-bond donors (Lipinski definition) is 2. The summed E-state index contributed by atoms with van der Waals surface area (Å²) >= 11 is 0. The zero-order valence-electron chi connectivity index (χ0n) is 14.5. The molecule has 1 saturated heterocycles. The summed E-state index contributed by atoms with van der Waals surface area (Å²) in [6.45, 7) is 4.45. The number of urea groups is 1. The Hall–Kier alpha value is -2.96. The van der Waals surface area contributed by atoms with Crippen molar-refractivity contribution in [3.8, 4) is 0 Å². The Balaban J connectivity index is 1.64. The number of nitrogens with zero attached hydrogens (tertiary/aromatic N) is 1. The maximum absolute atomic E-state index is 13.6. The first-order valence-corrected chi connectivity index (χ1v) is 8.26. The molecule has 136 valence electrons. The Labute approximate surface area is 150 Å². The van der Waals surface area contributed by atoms with Crippen molar-refractivity contribution in [2.24, 2.45) is 0 Å². The minimum absolute atomic E-state index is 0.152. The molecule has 0 spiro atoms. The van der Waals surface area contributed by atoms with Gasteiger partial charge in [0.2, 0.25) is 5.91 Å². The second-order valence-electron chi connectivity index (χ2n) is 6.32. The lowest BCUT2D eigenvalue weighted by Crippen LogP contribution is -2.43. The molecule has 0 saturated carbocycles. The van der Waals surface area contributed by atoms with E-state index < -0.39 is 23.7 Å². The van der Waals surface area contributed by atoms with Crippen molar-refractivity contribution in [1.29, 1.82) is 0 Å². The first kappa shape index (κ1) is 17.8. The minimum Gasteiger partial charge on any atom is -0.326 e. The molecule has 1 aliphatic heterocycles. The highest BCUT2D eigenvalue weighted by molar-refractivity contribution is 6.02. The maximum Gasteiger partial charge on any atom is 0.319 e. The van der Waals surface area contributed by atoms with E-state index in [0.29, 0.717) is 19.0 Å². The van der Waals surface area contributed by atoms with E-state index in [-0.39, 0.29) is 11.6 Å². The van der Waals surface area contributed by atoms with Gasteiger partial charge < -0.3 is 15.5 Å². The van der Waals surface area contributed by atoms with Crippen LogP contribution in [0.4, 0.5) is 25.0 Å². The van der Waals surface area contributed by atoms with E-state index in [1.54, 1.807) is 4.90 Å². The van der Waals surface area contributed by atoms with E-state index in [2.05, 4.69) is 10.6 Å². The van der Waals surface area contributed by atoms with Gasteiger partial charge in [-0.3, -0.25) is 4.79 Å². The molecule has 0 aromatic heterocycles. The van der Waals surface area contributed by atoms with Crippen LogP contribution in [0.3, 0.4) is 0 Å². The SMILES string of the molecule is Cc1ccc(N2CC[C@H](NC(=O)Nc3ccc(F)cc3F)C2=O)cc1C. The lowest BCUT2D eigenvalue weighted by molar-refractivity contribution is -0.118. The summed E-state index contributed by atoms with van der Waals surface area (Å²) in [4.78, 5) is 26.2. The van der Waals surface area contributed by atoms with E-state index in [1.165, 1.54) is 0 Å². The predicted octanol–water partition coefficient (Wildman–Crippen LogP) is 3.51. The highest BCUT2D eigenvalue weighted by atomic mass is 19.1. The Bertz CT molecular complexity index is 870. The molecule has 1 fully saturated rings. The van der Waals surface area contributed by atoms with Crippen LogP contribution >= 0.6 is 0 Å². The number of amides is 3. The van der Waals surface area contributed by atoms with Gasteiger partial charge >= 0.3 is 6.03 Å². The van der Waals surface area contributed by atoms with Gasteiger partial charge in [-0.15, -0.1) is 0 Å². The normalized spacial score (nSPS) is 16.7. The number of anilines is 2. The second kappa shape index (κ2) is 7.11.